The predicted octanol–water partition coefficient (Wildman–Crippen LogP) is 3.42. The summed E-state index contributed by atoms with van der Waals surface area (Å²) in [6.07, 6.45) is 3.83. The van der Waals surface area contributed by atoms with E-state index in [9.17, 15) is 0 Å². The normalized spacial score (nSPS) is 13.8. The van der Waals surface area contributed by atoms with Crippen molar-refractivity contribution in [3.8, 4) is 0 Å². The number of allylic oxidation sites excluding steroid dienone is 1. The molecule has 0 amide bonds. The molecule has 0 saturated carbocycles. The molecule has 0 aromatic carbocycles. The summed E-state index contributed by atoms with van der Waals surface area (Å²) in [5, 5.41) is 0. The Balaban J connectivity index is 3.64. The maximum Gasteiger partial charge on any atom is 0.0923 e. The maximum absolute atomic E-state index is 5.33. The van der Waals surface area contributed by atoms with Crippen LogP contribution in [0.2, 0.25) is 0 Å². The smallest absolute Gasteiger partial charge is 0.0923 e. The molecular weight excluding hydrogens is 148 g/mol. The minimum absolute atomic E-state index is 0.00221. The highest BCUT2D eigenvalue weighted by Gasteiger charge is 2.10. The average Bonchev–Trinajstić information content (AvgIpc) is 1.76. The van der Waals surface area contributed by atoms with Crippen LogP contribution in [-0.4, -0.2) is 6.61 Å². The quantitative estimate of drug-likeness (QED) is 0.588. The summed E-state index contributed by atoms with van der Waals surface area (Å²) in [5.74, 6) is 0. The van der Waals surface area contributed by atoms with E-state index in [2.05, 4.69) is 47.6 Å². The zero-order valence-corrected chi connectivity index (χ0v) is 8.98. The topological polar surface area (TPSA) is 9.23 Å². The lowest BCUT2D eigenvalue weighted by Gasteiger charge is -2.17. The van der Waals surface area contributed by atoms with Gasteiger partial charge in [0.05, 0.1) is 12.9 Å². The fraction of sp³-hybridized carbons (Fsp3) is 0.727. The lowest BCUT2D eigenvalue weighted by Crippen LogP contribution is -2.13. The Bertz CT molecular complexity index is 143. The van der Waals surface area contributed by atoms with Crippen LogP contribution in [0.15, 0.2) is 12.3 Å². The van der Waals surface area contributed by atoms with Gasteiger partial charge in [-0.3, -0.25) is 0 Å². The van der Waals surface area contributed by atoms with E-state index in [4.69, 9.17) is 4.74 Å². The highest BCUT2D eigenvalue weighted by molar-refractivity contribution is 4.87. The molecule has 0 spiro atoms. The highest BCUT2D eigenvalue weighted by atomic mass is 16.5. The van der Waals surface area contributed by atoms with Crippen molar-refractivity contribution >= 4 is 0 Å². The Morgan fingerprint density at radius 2 is 1.67 bits per heavy atom. The van der Waals surface area contributed by atoms with Gasteiger partial charge in [0.2, 0.25) is 0 Å². The number of hydrogen-bond donors (Lipinski definition) is 0. The van der Waals surface area contributed by atoms with Crippen LogP contribution in [0.3, 0.4) is 0 Å². The molecule has 1 heteroatoms. The van der Waals surface area contributed by atoms with Crippen LogP contribution >= 0.6 is 0 Å². The zero-order chi connectivity index (χ0) is 9.83. The second-order valence-electron chi connectivity index (χ2n) is 5.14. The lowest BCUT2D eigenvalue weighted by molar-refractivity contribution is 0.167. The van der Waals surface area contributed by atoms with Crippen LogP contribution in [0.25, 0.3) is 0 Å². The number of ether oxygens (including phenoxy) is 1. The summed E-state index contributed by atoms with van der Waals surface area (Å²) in [6, 6.07) is 0. The third-order valence-corrected chi connectivity index (χ3v) is 1.14. The molecule has 1 radical (unpaired) electrons. The van der Waals surface area contributed by atoms with Gasteiger partial charge < -0.3 is 4.74 Å². The standard InChI is InChI=1S/C11H21O/c1-10(2,3)7-8-12-9-11(4,5)6/h7-8H,4,9H2,1-3,5-6H3/b8-7+. The number of hydrogen-bond acceptors (Lipinski definition) is 1. The Hall–Kier alpha value is -0.460. The molecule has 0 rings (SSSR count). The molecule has 71 valence electrons. The first-order chi connectivity index (χ1) is 5.21. The first-order valence-electron chi connectivity index (χ1n) is 4.35. The van der Waals surface area contributed by atoms with E-state index in [0.717, 1.165) is 0 Å². The molecule has 0 atom stereocenters. The van der Waals surface area contributed by atoms with Gasteiger partial charge in [-0.2, -0.15) is 0 Å². The van der Waals surface area contributed by atoms with E-state index in [0.29, 0.717) is 6.61 Å². The molecular formula is C11H21O. The van der Waals surface area contributed by atoms with E-state index >= 15 is 0 Å². The fourth-order valence-corrected chi connectivity index (χ4v) is 0.526. The van der Waals surface area contributed by atoms with Crippen molar-refractivity contribution in [2.45, 2.75) is 34.6 Å². The van der Waals surface area contributed by atoms with Crippen molar-refractivity contribution in [2.24, 2.45) is 10.8 Å². The van der Waals surface area contributed by atoms with Gasteiger partial charge in [-0.15, -0.1) is 0 Å². The van der Waals surface area contributed by atoms with Crippen molar-refractivity contribution in [1.29, 1.82) is 0 Å². The van der Waals surface area contributed by atoms with E-state index in [1.165, 1.54) is 0 Å². The van der Waals surface area contributed by atoms with Crippen molar-refractivity contribution in [3.05, 3.63) is 19.3 Å². The Kier molecular flexibility index (Phi) is 3.82. The Morgan fingerprint density at radius 1 is 1.17 bits per heavy atom. The summed E-state index contributed by atoms with van der Waals surface area (Å²) in [7, 11) is 0. The fourth-order valence-electron chi connectivity index (χ4n) is 0.526. The molecule has 0 aliphatic carbocycles. The second-order valence-corrected chi connectivity index (χ2v) is 5.14. The van der Waals surface area contributed by atoms with Crippen molar-refractivity contribution in [2.75, 3.05) is 6.61 Å². The molecule has 0 aliphatic heterocycles. The molecule has 1 nitrogen and oxygen atoms in total. The van der Waals surface area contributed by atoms with Crippen molar-refractivity contribution in [3.63, 3.8) is 0 Å². The molecule has 0 heterocycles. The average molecular weight is 169 g/mol. The van der Waals surface area contributed by atoms with Gasteiger partial charge >= 0.3 is 0 Å². The van der Waals surface area contributed by atoms with Crippen LogP contribution in [0.1, 0.15) is 34.6 Å². The van der Waals surface area contributed by atoms with Crippen LogP contribution in [-0.2, 0) is 4.74 Å². The van der Waals surface area contributed by atoms with Crippen molar-refractivity contribution < 1.29 is 4.74 Å². The second kappa shape index (κ2) is 3.97. The summed E-state index contributed by atoms with van der Waals surface area (Å²) in [4.78, 5) is 0. The van der Waals surface area contributed by atoms with Crippen LogP contribution in [0.4, 0.5) is 0 Å². The van der Waals surface area contributed by atoms with Gasteiger partial charge in [-0.25, -0.2) is 0 Å². The van der Waals surface area contributed by atoms with Crippen LogP contribution in [0.5, 0.6) is 0 Å². The monoisotopic (exact) mass is 169 g/mol. The van der Waals surface area contributed by atoms with E-state index in [1.807, 2.05) is 0 Å². The van der Waals surface area contributed by atoms with Gasteiger partial charge in [0.15, 0.2) is 0 Å². The Morgan fingerprint density at radius 3 is 2.00 bits per heavy atom. The molecule has 0 N–H and O–H groups in total. The number of rotatable bonds is 3. The van der Waals surface area contributed by atoms with Crippen LogP contribution in [0, 0.1) is 17.8 Å². The molecule has 0 saturated heterocycles. The first kappa shape index (κ1) is 11.5. The Labute approximate surface area is 76.8 Å². The van der Waals surface area contributed by atoms with E-state index in [1.54, 1.807) is 6.26 Å². The van der Waals surface area contributed by atoms with Crippen molar-refractivity contribution in [1.82, 2.24) is 0 Å². The SMILES string of the molecule is [CH2]C(C)(C)CO/C=C/C(C)(C)C. The minimum Gasteiger partial charge on any atom is -0.501 e. The molecule has 0 aliphatic rings. The summed E-state index contributed by atoms with van der Waals surface area (Å²) in [5.41, 5.74) is 0.202. The third-order valence-electron chi connectivity index (χ3n) is 1.14. The van der Waals surface area contributed by atoms with Gasteiger partial charge in [0, 0.05) is 0 Å². The summed E-state index contributed by atoms with van der Waals surface area (Å²) < 4.78 is 5.33. The third kappa shape index (κ3) is 9.54. The molecule has 0 aromatic rings. The zero-order valence-electron chi connectivity index (χ0n) is 8.98. The van der Waals surface area contributed by atoms with E-state index < -0.39 is 0 Å². The van der Waals surface area contributed by atoms with Gasteiger partial charge in [-0.1, -0.05) is 34.6 Å². The predicted molar refractivity (Wildman–Crippen MR) is 53.7 cm³/mol. The molecule has 0 unspecified atom stereocenters. The van der Waals surface area contributed by atoms with Gasteiger partial charge in [-0.05, 0) is 23.8 Å². The molecule has 0 aromatic heterocycles. The molecule has 12 heavy (non-hydrogen) atoms. The largest absolute Gasteiger partial charge is 0.501 e. The summed E-state index contributed by atoms with van der Waals surface area (Å²) >= 11 is 0. The maximum atomic E-state index is 5.33. The first-order valence-corrected chi connectivity index (χ1v) is 4.35. The molecule has 0 fully saturated rings. The lowest BCUT2D eigenvalue weighted by atomic mass is 9.97. The minimum atomic E-state index is 0.00221. The van der Waals surface area contributed by atoms with Gasteiger partial charge in [0.25, 0.3) is 0 Å². The molecule has 0 bridgehead atoms. The highest BCUT2D eigenvalue weighted by Crippen LogP contribution is 2.16. The van der Waals surface area contributed by atoms with Gasteiger partial charge in [0.1, 0.15) is 0 Å². The van der Waals surface area contributed by atoms with Crippen LogP contribution < -0.4 is 0 Å². The van der Waals surface area contributed by atoms with E-state index in [-0.39, 0.29) is 10.8 Å². The summed E-state index contributed by atoms with van der Waals surface area (Å²) in [6.45, 7) is 15.1.